The minimum atomic E-state index is -0.926. The van der Waals surface area contributed by atoms with Crippen LogP contribution in [0, 0.1) is 5.41 Å². The number of carbonyl (C=O) groups excluding carboxylic acids is 1. The van der Waals surface area contributed by atoms with Crippen LogP contribution in [0.5, 0.6) is 0 Å². The molecule has 2 fully saturated rings. The Balaban J connectivity index is 1.82. The first kappa shape index (κ1) is 14.1. The van der Waals surface area contributed by atoms with E-state index in [1.165, 1.54) is 6.42 Å². The molecule has 6 heteroatoms. The van der Waals surface area contributed by atoms with Gasteiger partial charge in [0.05, 0.1) is 5.41 Å². The molecular weight excluding hydrogens is 246 g/mol. The summed E-state index contributed by atoms with van der Waals surface area (Å²) >= 11 is 0. The molecule has 0 saturated carbocycles. The van der Waals surface area contributed by atoms with Crippen LogP contribution in [0.2, 0.25) is 0 Å². The molecule has 0 aromatic rings. The Morgan fingerprint density at radius 1 is 1.32 bits per heavy atom. The Morgan fingerprint density at radius 2 is 2.05 bits per heavy atom. The number of piperazine rings is 1. The number of nitrogens with zero attached hydrogens (tertiary/aromatic N) is 2. The van der Waals surface area contributed by atoms with Crippen molar-refractivity contribution in [1.82, 2.24) is 15.1 Å². The Bertz CT molecular complexity index is 370. The highest BCUT2D eigenvalue weighted by molar-refractivity contribution is 5.77. The van der Waals surface area contributed by atoms with E-state index in [2.05, 4.69) is 10.2 Å². The molecule has 6 nitrogen and oxygen atoms in total. The van der Waals surface area contributed by atoms with E-state index < -0.39 is 11.4 Å². The van der Waals surface area contributed by atoms with Crippen molar-refractivity contribution in [3.05, 3.63) is 0 Å². The van der Waals surface area contributed by atoms with E-state index in [4.69, 9.17) is 5.11 Å². The van der Waals surface area contributed by atoms with E-state index in [0.717, 1.165) is 32.6 Å². The monoisotopic (exact) mass is 269 g/mol. The van der Waals surface area contributed by atoms with Gasteiger partial charge in [0.1, 0.15) is 0 Å². The molecule has 2 heterocycles. The van der Waals surface area contributed by atoms with Crippen LogP contribution in [0.1, 0.15) is 26.7 Å². The topological polar surface area (TPSA) is 72.9 Å². The van der Waals surface area contributed by atoms with E-state index in [1.807, 2.05) is 4.90 Å². The highest BCUT2D eigenvalue weighted by Crippen LogP contribution is 2.21. The number of carboxylic acids is 1. The van der Waals surface area contributed by atoms with Crippen molar-refractivity contribution in [2.24, 2.45) is 5.41 Å². The van der Waals surface area contributed by atoms with Crippen LogP contribution in [0.3, 0.4) is 0 Å². The molecule has 2 amide bonds. The Labute approximate surface area is 113 Å². The van der Waals surface area contributed by atoms with Crippen LogP contribution in [0.25, 0.3) is 0 Å². The fourth-order valence-corrected chi connectivity index (χ4v) is 2.66. The van der Waals surface area contributed by atoms with Crippen molar-refractivity contribution in [3.63, 3.8) is 0 Å². The second-order valence-electron chi connectivity index (χ2n) is 6.13. The van der Waals surface area contributed by atoms with Crippen molar-refractivity contribution < 1.29 is 14.7 Å². The standard InChI is InChI=1S/C13H23N3O3/c1-13(2,11(17)18)9-14-12(19)16-7-6-15-5-3-4-10(15)8-16/h10H,3-9H2,1-2H3,(H,14,19)(H,17,18). The van der Waals surface area contributed by atoms with Gasteiger partial charge in [0, 0.05) is 32.2 Å². The third kappa shape index (κ3) is 3.18. The number of carbonyl (C=O) groups is 2. The molecule has 0 bridgehead atoms. The van der Waals surface area contributed by atoms with Crippen LogP contribution in [-0.2, 0) is 4.79 Å². The van der Waals surface area contributed by atoms with Gasteiger partial charge in [0.15, 0.2) is 0 Å². The third-order valence-electron chi connectivity index (χ3n) is 4.14. The lowest BCUT2D eigenvalue weighted by molar-refractivity contribution is -0.146. The Hall–Kier alpha value is -1.30. The third-order valence-corrected chi connectivity index (χ3v) is 4.14. The van der Waals surface area contributed by atoms with Gasteiger partial charge in [-0.1, -0.05) is 0 Å². The zero-order valence-electron chi connectivity index (χ0n) is 11.7. The van der Waals surface area contributed by atoms with Gasteiger partial charge < -0.3 is 15.3 Å². The van der Waals surface area contributed by atoms with Gasteiger partial charge in [0.2, 0.25) is 0 Å². The SMILES string of the molecule is CC(C)(CNC(=O)N1CCN2CCCC2C1)C(=O)O. The number of fused-ring (bicyclic) bond motifs is 1. The average molecular weight is 269 g/mol. The number of hydrogen-bond acceptors (Lipinski definition) is 3. The summed E-state index contributed by atoms with van der Waals surface area (Å²) in [5.74, 6) is -0.895. The van der Waals surface area contributed by atoms with E-state index >= 15 is 0 Å². The van der Waals surface area contributed by atoms with Gasteiger partial charge in [-0.3, -0.25) is 9.69 Å². The minimum absolute atomic E-state index is 0.138. The smallest absolute Gasteiger partial charge is 0.317 e. The molecule has 19 heavy (non-hydrogen) atoms. The summed E-state index contributed by atoms with van der Waals surface area (Å²) in [7, 11) is 0. The fourth-order valence-electron chi connectivity index (χ4n) is 2.66. The normalized spacial score (nSPS) is 24.1. The van der Waals surface area contributed by atoms with Gasteiger partial charge in [-0.05, 0) is 33.2 Å². The average Bonchev–Trinajstić information content (AvgIpc) is 2.82. The molecule has 2 rings (SSSR count). The molecular formula is C13H23N3O3. The van der Waals surface area contributed by atoms with Crippen LogP contribution in [0.4, 0.5) is 4.79 Å². The van der Waals surface area contributed by atoms with Gasteiger partial charge in [-0.25, -0.2) is 4.79 Å². The number of aliphatic carboxylic acids is 1. The van der Waals surface area contributed by atoms with Crippen molar-refractivity contribution in [2.75, 3.05) is 32.7 Å². The number of carboxylic acid groups (broad SMARTS) is 1. The van der Waals surface area contributed by atoms with Crippen LogP contribution < -0.4 is 5.32 Å². The predicted octanol–water partition coefficient (Wildman–Crippen LogP) is 0.587. The van der Waals surface area contributed by atoms with Crippen LogP contribution >= 0.6 is 0 Å². The van der Waals surface area contributed by atoms with Crippen molar-refractivity contribution >= 4 is 12.0 Å². The molecule has 2 aliphatic heterocycles. The highest BCUT2D eigenvalue weighted by Gasteiger charge is 2.33. The van der Waals surface area contributed by atoms with Gasteiger partial charge >= 0.3 is 12.0 Å². The van der Waals surface area contributed by atoms with E-state index in [9.17, 15) is 9.59 Å². The molecule has 2 N–H and O–H groups in total. The number of urea groups is 1. The molecule has 2 saturated heterocycles. The Kier molecular flexibility index (Phi) is 3.99. The maximum atomic E-state index is 12.1. The van der Waals surface area contributed by atoms with Crippen molar-refractivity contribution in [1.29, 1.82) is 0 Å². The molecule has 108 valence electrons. The number of hydrogen-bond donors (Lipinski definition) is 2. The lowest BCUT2D eigenvalue weighted by Gasteiger charge is -2.37. The number of rotatable bonds is 3. The maximum Gasteiger partial charge on any atom is 0.317 e. The summed E-state index contributed by atoms with van der Waals surface area (Å²) < 4.78 is 0. The molecule has 0 aromatic carbocycles. The highest BCUT2D eigenvalue weighted by atomic mass is 16.4. The molecule has 1 unspecified atom stereocenters. The second kappa shape index (κ2) is 5.36. The minimum Gasteiger partial charge on any atom is -0.481 e. The van der Waals surface area contributed by atoms with Crippen LogP contribution in [-0.4, -0.2) is 65.7 Å². The lowest BCUT2D eigenvalue weighted by atomic mass is 9.94. The number of nitrogens with one attached hydrogen (secondary N) is 1. The quantitative estimate of drug-likeness (QED) is 0.786. The van der Waals surface area contributed by atoms with Gasteiger partial charge in [0.25, 0.3) is 0 Å². The molecule has 2 aliphatic rings. The first-order chi connectivity index (χ1) is 8.90. The zero-order chi connectivity index (χ0) is 14.0. The summed E-state index contributed by atoms with van der Waals surface area (Å²) in [5.41, 5.74) is -0.926. The predicted molar refractivity (Wildman–Crippen MR) is 71.0 cm³/mol. The fraction of sp³-hybridized carbons (Fsp3) is 0.846. The summed E-state index contributed by atoms with van der Waals surface area (Å²) in [6.07, 6.45) is 2.37. The summed E-state index contributed by atoms with van der Waals surface area (Å²) in [5, 5.41) is 11.8. The first-order valence-corrected chi connectivity index (χ1v) is 6.90. The lowest BCUT2D eigenvalue weighted by Crippen LogP contribution is -2.55. The number of amides is 2. The maximum absolute atomic E-state index is 12.1. The van der Waals surface area contributed by atoms with Gasteiger partial charge in [-0.15, -0.1) is 0 Å². The molecule has 0 aromatic heterocycles. The molecule has 0 radical (unpaired) electrons. The molecule has 1 atom stereocenters. The molecule has 0 spiro atoms. The second-order valence-corrected chi connectivity index (χ2v) is 6.13. The largest absolute Gasteiger partial charge is 0.481 e. The zero-order valence-corrected chi connectivity index (χ0v) is 11.7. The summed E-state index contributed by atoms with van der Waals surface area (Å²) in [6, 6.07) is 0.354. The first-order valence-electron chi connectivity index (χ1n) is 6.90. The van der Waals surface area contributed by atoms with Crippen molar-refractivity contribution in [2.45, 2.75) is 32.7 Å². The Morgan fingerprint density at radius 3 is 2.74 bits per heavy atom. The van der Waals surface area contributed by atoms with Gasteiger partial charge in [-0.2, -0.15) is 0 Å². The van der Waals surface area contributed by atoms with Crippen molar-refractivity contribution in [3.8, 4) is 0 Å². The van der Waals surface area contributed by atoms with E-state index in [-0.39, 0.29) is 12.6 Å². The summed E-state index contributed by atoms with van der Waals surface area (Å²) in [6.45, 7) is 6.96. The van der Waals surface area contributed by atoms with Crippen LogP contribution in [0.15, 0.2) is 0 Å². The summed E-state index contributed by atoms with van der Waals surface area (Å²) in [4.78, 5) is 27.3. The molecule has 0 aliphatic carbocycles. The van der Waals surface area contributed by atoms with E-state index in [1.54, 1.807) is 13.8 Å². The van der Waals surface area contributed by atoms with E-state index in [0.29, 0.717) is 6.04 Å².